The summed E-state index contributed by atoms with van der Waals surface area (Å²) in [6.07, 6.45) is 1.30. The van der Waals surface area contributed by atoms with Crippen LogP contribution < -0.4 is 0 Å². The third-order valence-electron chi connectivity index (χ3n) is 4.39. The number of carbonyl (C=O) groups is 1. The van der Waals surface area contributed by atoms with Gasteiger partial charge in [0.25, 0.3) is 0 Å². The molecule has 1 fully saturated rings. The van der Waals surface area contributed by atoms with Crippen molar-refractivity contribution in [2.75, 3.05) is 18.6 Å². The summed E-state index contributed by atoms with van der Waals surface area (Å²) in [5.41, 5.74) is 1.65. The van der Waals surface area contributed by atoms with E-state index in [1.54, 1.807) is 24.1 Å². The average Bonchev–Trinajstić information content (AvgIpc) is 3.19. The molecule has 25 heavy (non-hydrogen) atoms. The minimum atomic E-state index is -3.00. The first-order chi connectivity index (χ1) is 11.8. The number of amides is 1. The number of sulfone groups is 1. The second-order valence-corrected chi connectivity index (χ2v) is 9.30. The fourth-order valence-electron chi connectivity index (χ4n) is 2.84. The molecule has 1 saturated heterocycles. The molecule has 1 amide bonds. The third kappa shape index (κ3) is 4.43. The van der Waals surface area contributed by atoms with Crippen molar-refractivity contribution in [2.45, 2.75) is 25.3 Å². The highest BCUT2D eigenvalue weighted by Gasteiger charge is 2.32. The second-order valence-electron chi connectivity index (χ2n) is 6.21. The highest BCUT2D eigenvalue weighted by atomic mass is 32.2. The first kappa shape index (κ1) is 18.0. The number of rotatable bonds is 5. The maximum Gasteiger partial charge on any atom is 0.222 e. The molecule has 0 bridgehead atoms. The van der Waals surface area contributed by atoms with Crippen LogP contribution in [0.2, 0.25) is 0 Å². The Balaban J connectivity index is 1.57. The number of thiazole rings is 1. The standard InChI is InChI=1S/C17H19FN2O3S2/c1-20(15-8-9-25(22,23)11-15)16(21)7-6-14-10-24-17(19-14)12-2-4-13(18)5-3-12/h2-5,10,15H,6-9,11H2,1H3. The Kier molecular flexibility index (Phi) is 5.19. The molecule has 1 unspecified atom stereocenters. The van der Waals surface area contributed by atoms with Gasteiger partial charge in [0.05, 0.1) is 17.2 Å². The van der Waals surface area contributed by atoms with Gasteiger partial charge in [-0.05, 0) is 37.1 Å². The zero-order chi connectivity index (χ0) is 18.0. The molecule has 0 radical (unpaired) electrons. The molecular weight excluding hydrogens is 363 g/mol. The fourth-order valence-corrected chi connectivity index (χ4v) is 5.48. The number of aryl methyl sites for hydroxylation is 1. The van der Waals surface area contributed by atoms with Gasteiger partial charge < -0.3 is 4.90 Å². The number of hydrogen-bond donors (Lipinski definition) is 0. The van der Waals surface area contributed by atoms with E-state index >= 15 is 0 Å². The fraction of sp³-hybridized carbons (Fsp3) is 0.412. The van der Waals surface area contributed by atoms with E-state index in [0.29, 0.717) is 19.3 Å². The molecule has 0 N–H and O–H groups in total. The number of carbonyl (C=O) groups excluding carboxylic acids is 1. The highest BCUT2D eigenvalue weighted by molar-refractivity contribution is 7.91. The van der Waals surface area contributed by atoms with E-state index in [4.69, 9.17) is 0 Å². The predicted molar refractivity (Wildman–Crippen MR) is 95.7 cm³/mol. The zero-order valence-corrected chi connectivity index (χ0v) is 15.4. The monoisotopic (exact) mass is 382 g/mol. The van der Waals surface area contributed by atoms with Crippen molar-refractivity contribution in [3.63, 3.8) is 0 Å². The Morgan fingerprint density at radius 2 is 2.08 bits per heavy atom. The van der Waals surface area contributed by atoms with Gasteiger partial charge in [-0.15, -0.1) is 11.3 Å². The molecule has 2 heterocycles. The van der Waals surface area contributed by atoms with Gasteiger partial charge in [-0.3, -0.25) is 4.79 Å². The molecular formula is C17H19FN2O3S2. The minimum Gasteiger partial charge on any atom is -0.342 e. The molecule has 1 aromatic carbocycles. The van der Waals surface area contributed by atoms with E-state index in [9.17, 15) is 17.6 Å². The Hall–Kier alpha value is -1.80. The van der Waals surface area contributed by atoms with E-state index < -0.39 is 9.84 Å². The zero-order valence-electron chi connectivity index (χ0n) is 13.8. The lowest BCUT2D eigenvalue weighted by atomic mass is 10.2. The summed E-state index contributed by atoms with van der Waals surface area (Å²) >= 11 is 1.46. The summed E-state index contributed by atoms with van der Waals surface area (Å²) in [4.78, 5) is 18.3. The van der Waals surface area contributed by atoms with E-state index in [1.165, 1.54) is 23.5 Å². The molecule has 0 aliphatic carbocycles. The van der Waals surface area contributed by atoms with Gasteiger partial charge in [0.2, 0.25) is 5.91 Å². The van der Waals surface area contributed by atoms with Crippen molar-refractivity contribution >= 4 is 27.1 Å². The molecule has 5 nitrogen and oxygen atoms in total. The summed E-state index contributed by atoms with van der Waals surface area (Å²) < 4.78 is 36.0. The van der Waals surface area contributed by atoms with Crippen LogP contribution in [0.5, 0.6) is 0 Å². The Morgan fingerprint density at radius 1 is 1.36 bits per heavy atom. The minimum absolute atomic E-state index is 0.0562. The third-order valence-corrected chi connectivity index (χ3v) is 7.08. The lowest BCUT2D eigenvalue weighted by Gasteiger charge is -2.23. The summed E-state index contributed by atoms with van der Waals surface area (Å²) in [6, 6.07) is 5.92. The van der Waals surface area contributed by atoms with Crippen molar-refractivity contribution < 1.29 is 17.6 Å². The van der Waals surface area contributed by atoms with E-state index in [0.717, 1.165) is 16.3 Å². The van der Waals surface area contributed by atoms with Gasteiger partial charge in [-0.1, -0.05) is 0 Å². The number of halogens is 1. The van der Waals surface area contributed by atoms with Crippen LogP contribution in [-0.4, -0.2) is 48.8 Å². The average molecular weight is 382 g/mol. The highest BCUT2D eigenvalue weighted by Crippen LogP contribution is 2.24. The molecule has 1 atom stereocenters. The molecule has 1 aliphatic heterocycles. The van der Waals surface area contributed by atoms with Gasteiger partial charge in [0.1, 0.15) is 10.8 Å². The van der Waals surface area contributed by atoms with Gasteiger partial charge in [0, 0.05) is 30.5 Å². The summed E-state index contributed by atoms with van der Waals surface area (Å²) in [5.74, 6) is -0.148. The SMILES string of the molecule is CN(C(=O)CCc1csc(-c2ccc(F)cc2)n1)C1CCS(=O)(=O)C1. The number of aromatic nitrogens is 1. The van der Waals surface area contributed by atoms with Crippen LogP contribution >= 0.6 is 11.3 Å². The lowest BCUT2D eigenvalue weighted by Crippen LogP contribution is -2.37. The maximum atomic E-state index is 13.0. The smallest absolute Gasteiger partial charge is 0.222 e. The normalized spacial score (nSPS) is 19.0. The van der Waals surface area contributed by atoms with Crippen LogP contribution in [0.25, 0.3) is 10.6 Å². The Morgan fingerprint density at radius 3 is 2.72 bits per heavy atom. The van der Waals surface area contributed by atoms with Crippen LogP contribution in [-0.2, 0) is 21.1 Å². The molecule has 0 saturated carbocycles. The molecule has 1 aromatic heterocycles. The van der Waals surface area contributed by atoms with Gasteiger partial charge in [-0.2, -0.15) is 0 Å². The Bertz CT molecular complexity index is 862. The number of hydrogen-bond acceptors (Lipinski definition) is 5. The quantitative estimate of drug-likeness (QED) is 0.797. The molecule has 1 aliphatic rings. The van der Waals surface area contributed by atoms with Gasteiger partial charge in [-0.25, -0.2) is 17.8 Å². The number of benzene rings is 1. The van der Waals surface area contributed by atoms with Crippen molar-refractivity contribution in [3.8, 4) is 10.6 Å². The van der Waals surface area contributed by atoms with Crippen LogP contribution in [0.1, 0.15) is 18.5 Å². The largest absolute Gasteiger partial charge is 0.342 e. The summed E-state index contributed by atoms with van der Waals surface area (Å²) in [5, 5.41) is 2.68. The summed E-state index contributed by atoms with van der Waals surface area (Å²) in [7, 11) is -1.34. The van der Waals surface area contributed by atoms with E-state index in [-0.39, 0.29) is 29.3 Å². The number of nitrogens with zero attached hydrogens (tertiary/aromatic N) is 2. The second kappa shape index (κ2) is 7.21. The van der Waals surface area contributed by atoms with Crippen molar-refractivity contribution in [1.82, 2.24) is 9.88 Å². The maximum absolute atomic E-state index is 13.0. The first-order valence-corrected chi connectivity index (χ1v) is 10.7. The van der Waals surface area contributed by atoms with Crippen molar-refractivity contribution in [3.05, 3.63) is 41.2 Å². The van der Waals surface area contributed by atoms with E-state index in [1.807, 2.05) is 5.38 Å². The van der Waals surface area contributed by atoms with Crippen LogP contribution in [0.4, 0.5) is 4.39 Å². The van der Waals surface area contributed by atoms with Crippen molar-refractivity contribution in [2.24, 2.45) is 0 Å². The predicted octanol–water partition coefficient (Wildman–Crippen LogP) is 2.53. The lowest BCUT2D eigenvalue weighted by molar-refractivity contribution is -0.131. The van der Waals surface area contributed by atoms with Crippen LogP contribution in [0.3, 0.4) is 0 Å². The van der Waals surface area contributed by atoms with Gasteiger partial charge >= 0.3 is 0 Å². The van der Waals surface area contributed by atoms with Crippen LogP contribution in [0, 0.1) is 5.82 Å². The Labute approximate surface area is 150 Å². The van der Waals surface area contributed by atoms with Crippen molar-refractivity contribution in [1.29, 1.82) is 0 Å². The topological polar surface area (TPSA) is 67.3 Å². The summed E-state index contributed by atoms with van der Waals surface area (Å²) in [6.45, 7) is 0. The molecule has 0 spiro atoms. The van der Waals surface area contributed by atoms with Crippen LogP contribution in [0.15, 0.2) is 29.6 Å². The van der Waals surface area contributed by atoms with E-state index in [2.05, 4.69) is 4.98 Å². The first-order valence-electron chi connectivity index (χ1n) is 8.00. The van der Waals surface area contributed by atoms with Gasteiger partial charge in [0.15, 0.2) is 9.84 Å². The molecule has 134 valence electrons. The molecule has 2 aromatic rings. The molecule has 8 heteroatoms. The molecule has 3 rings (SSSR count).